The number of amides is 2. The monoisotopic (exact) mass is 355 g/mol. The van der Waals surface area contributed by atoms with Gasteiger partial charge in [0.25, 0.3) is 0 Å². The van der Waals surface area contributed by atoms with E-state index in [2.05, 4.69) is 20.0 Å². The van der Waals surface area contributed by atoms with Gasteiger partial charge in [0.05, 0.1) is 49.2 Å². The van der Waals surface area contributed by atoms with Gasteiger partial charge in [0.2, 0.25) is 21.8 Å². The third kappa shape index (κ3) is 5.24. The zero-order valence-electron chi connectivity index (χ0n) is 13.7. The molecule has 9 nitrogen and oxygen atoms in total. The van der Waals surface area contributed by atoms with Crippen LogP contribution in [0.1, 0.15) is 37.2 Å². The summed E-state index contributed by atoms with van der Waals surface area (Å²) in [6.45, 7) is 2.05. The smallest absolute Gasteiger partial charge is 0.235 e. The predicted octanol–water partition coefficient (Wildman–Crippen LogP) is -0.675. The zero-order valence-corrected chi connectivity index (χ0v) is 14.5. The summed E-state index contributed by atoms with van der Waals surface area (Å²) < 4.78 is 24.0. The van der Waals surface area contributed by atoms with Crippen molar-refractivity contribution in [3.8, 4) is 0 Å². The van der Waals surface area contributed by atoms with E-state index in [0.29, 0.717) is 17.9 Å². The second-order valence-corrected chi connectivity index (χ2v) is 7.51. The summed E-state index contributed by atoms with van der Waals surface area (Å²) in [5.74, 6) is -0.455. The number of nitrogens with zero attached hydrogens (tertiary/aromatic N) is 3. The molecule has 1 aromatic rings. The second kappa shape index (κ2) is 7.67. The fraction of sp³-hybridized carbons (Fsp3) is 0.571. The molecule has 24 heavy (non-hydrogen) atoms. The van der Waals surface area contributed by atoms with Crippen LogP contribution in [0.2, 0.25) is 0 Å². The molecule has 0 aliphatic carbocycles. The Labute approximate surface area is 140 Å². The number of carbonyl (C=O) groups is 2. The van der Waals surface area contributed by atoms with E-state index < -0.39 is 15.9 Å². The number of aromatic nitrogens is 2. The van der Waals surface area contributed by atoms with Crippen LogP contribution >= 0.6 is 0 Å². The average molecular weight is 355 g/mol. The molecule has 1 atom stereocenters. The lowest BCUT2D eigenvalue weighted by atomic mass is 10.1. The summed E-state index contributed by atoms with van der Waals surface area (Å²) in [6.07, 6.45) is 5.90. The number of carbonyl (C=O) groups excluding carboxylic acids is 2. The molecule has 1 fully saturated rings. The van der Waals surface area contributed by atoms with E-state index in [0.717, 1.165) is 19.1 Å². The molecule has 2 N–H and O–H groups in total. The Morgan fingerprint density at radius 2 is 2.12 bits per heavy atom. The first kappa shape index (κ1) is 18.3. The Kier molecular flexibility index (Phi) is 5.84. The number of likely N-dealkylation sites (tertiary alicyclic amines) is 1. The number of nitrogens with one attached hydrogen (secondary N) is 2. The molecule has 2 heterocycles. The molecule has 1 aliphatic heterocycles. The number of hydrogen-bond donors (Lipinski definition) is 2. The normalized spacial score (nSPS) is 17.8. The van der Waals surface area contributed by atoms with Crippen LogP contribution in [0, 0.1) is 0 Å². The zero-order chi connectivity index (χ0) is 17.7. The largest absolute Gasteiger partial charge is 0.349 e. The van der Waals surface area contributed by atoms with Gasteiger partial charge in [-0.1, -0.05) is 0 Å². The van der Waals surface area contributed by atoms with E-state index in [9.17, 15) is 18.0 Å². The maximum Gasteiger partial charge on any atom is 0.235 e. The molecule has 1 saturated heterocycles. The van der Waals surface area contributed by atoms with Crippen molar-refractivity contribution in [2.45, 2.75) is 32.4 Å². The highest BCUT2D eigenvalue weighted by molar-refractivity contribution is 7.88. The predicted molar refractivity (Wildman–Crippen MR) is 86.1 cm³/mol. The van der Waals surface area contributed by atoms with Gasteiger partial charge in [0.15, 0.2) is 0 Å². The first-order valence-corrected chi connectivity index (χ1v) is 9.45. The van der Waals surface area contributed by atoms with Crippen molar-refractivity contribution >= 4 is 21.8 Å². The molecule has 0 saturated carbocycles. The SMILES string of the molecule is CC(=O)N1CCCC1c1cncc(CNC(=O)CNS(C)(=O)=O)n1. The van der Waals surface area contributed by atoms with Crippen molar-refractivity contribution in [2.75, 3.05) is 19.3 Å². The van der Waals surface area contributed by atoms with Crippen LogP contribution in [0.5, 0.6) is 0 Å². The Bertz CT molecular complexity index is 722. The Morgan fingerprint density at radius 1 is 1.38 bits per heavy atom. The second-order valence-electron chi connectivity index (χ2n) is 5.68. The van der Waals surface area contributed by atoms with E-state index in [1.54, 1.807) is 11.1 Å². The van der Waals surface area contributed by atoms with Gasteiger partial charge in [-0.25, -0.2) is 13.1 Å². The lowest BCUT2D eigenvalue weighted by Gasteiger charge is -2.22. The highest BCUT2D eigenvalue weighted by atomic mass is 32.2. The maximum atomic E-state index is 11.6. The molecule has 132 valence electrons. The van der Waals surface area contributed by atoms with Crippen LogP contribution in [0.15, 0.2) is 12.4 Å². The third-order valence-corrected chi connectivity index (χ3v) is 4.33. The lowest BCUT2D eigenvalue weighted by Crippen LogP contribution is -2.36. The Balaban J connectivity index is 1.96. The van der Waals surface area contributed by atoms with Gasteiger partial charge in [-0.3, -0.25) is 19.6 Å². The molecule has 1 unspecified atom stereocenters. The van der Waals surface area contributed by atoms with Gasteiger partial charge in [-0.15, -0.1) is 0 Å². The molecule has 0 aromatic carbocycles. The van der Waals surface area contributed by atoms with Crippen LogP contribution in [0.4, 0.5) is 0 Å². The van der Waals surface area contributed by atoms with Crippen LogP contribution in [-0.4, -0.2) is 54.4 Å². The summed E-state index contributed by atoms with van der Waals surface area (Å²) >= 11 is 0. The van der Waals surface area contributed by atoms with Crippen LogP contribution < -0.4 is 10.0 Å². The summed E-state index contributed by atoms with van der Waals surface area (Å²) in [5, 5.41) is 2.57. The molecule has 0 spiro atoms. The number of hydrogen-bond acceptors (Lipinski definition) is 6. The minimum atomic E-state index is -3.41. The number of rotatable bonds is 6. The van der Waals surface area contributed by atoms with Crippen LogP contribution in [0.25, 0.3) is 0 Å². The molecule has 2 rings (SSSR count). The third-order valence-electron chi connectivity index (χ3n) is 3.66. The fourth-order valence-electron chi connectivity index (χ4n) is 2.57. The Hall–Kier alpha value is -2.07. The summed E-state index contributed by atoms with van der Waals surface area (Å²) in [6, 6.07) is -0.0856. The first-order chi connectivity index (χ1) is 11.3. The standard InChI is InChI=1S/C14H21N5O4S/c1-10(20)19-5-3-4-13(19)12-8-15-6-11(18-12)7-16-14(21)9-17-24(2,22)23/h6,8,13,17H,3-5,7,9H2,1-2H3,(H,16,21). The van der Waals surface area contributed by atoms with Crippen molar-refractivity contribution in [3.05, 3.63) is 23.8 Å². The van der Waals surface area contributed by atoms with Crippen molar-refractivity contribution in [1.29, 1.82) is 0 Å². The van der Waals surface area contributed by atoms with Gasteiger partial charge in [0.1, 0.15) is 0 Å². The fourth-order valence-corrected chi connectivity index (χ4v) is 2.96. The highest BCUT2D eigenvalue weighted by Gasteiger charge is 2.29. The molecule has 0 radical (unpaired) electrons. The topological polar surface area (TPSA) is 121 Å². The maximum absolute atomic E-state index is 11.6. The molecule has 0 bridgehead atoms. The van der Waals surface area contributed by atoms with E-state index in [1.807, 2.05) is 0 Å². The molecule has 1 aromatic heterocycles. The van der Waals surface area contributed by atoms with Crippen LogP contribution in [0.3, 0.4) is 0 Å². The van der Waals surface area contributed by atoms with E-state index in [4.69, 9.17) is 0 Å². The summed E-state index contributed by atoms with van der Waals surface area (Å²) in [7, 11) is -3.41. The van der Waals surface area contributed by atoms with Gasteiger partial charge in [-0.2, -0.15) is 0 Å². The van der Waals surface area contributed by atoms with E-state index >= 15 is 0 Å². The van der Waals surface area contributed by atoms with E-state index in [-0.39, 0.29) is 25.0 Å². The van der Waals surface area contributed by atoms with Crippen molar-refractivity contribution in [2.24, 2.45) is 0 Å². The summed E-state index contributed by atoms with van der Waals surface area (Å²) in [4.78, 5) is 33.6. The number of sulfonamides is 1. The minimum Gasteiger partial charge on any atom is -0.349 e. The van der Waals surface area contributed by atoms with Gasteiger partial charge in [-0.05, 0) is 12.8 Å². The molecular formula is C14H21N5O4S. The van der Waals surface area contributed by atoms with Gasteiger partial charge < -0.3 is 10.2 Å². The van der Waals surface area contributed by atoms with Crippen molar-refractivity contribution < 1.29 is 18.0 Å². The van der Waals surface area contributed by atoms with Gasteiger partial charge in [0, 0.05) is 13.5 Å². The first-order valence-electron chi connectivity index (χ1n) is 7.55. The lowest BCUT2D eigenvalue weighted by molar-refractivity contribution is -0.129. The van der Waals surface area contributed by atoms with Crippen molar-refractivity contribution in [1.82, 2.24) is 24.9 Å². The highest BCUT2D eigenvalue weighted by Crippen LogP contribution is 2.30. The van der Waals surface area contributed by atoms with Crippen LogP contribution in [-0.2, 0) is 26.2 Å². The quantitative estimate of drug-likeness (QED) is 0.698. The molecular weight excluding hydrogens is 334 g/mol. The molecule has 2 amide bonds. The van der Waals surface area contributed by atoms with Gasteiger partial charge >= 0.3 is 0 Å². The Morgan fingerprint density at radius 3 is 2.79 bits per heavy atom. The van der Waals surface area contributed by atoms with E-state index in [1.165, 1.54) is 13.1 Å². The molecule has 1 aliphatic rings. The average Bonchev–Trinajstić information content (AvgIpc) is 3.00. The van der Waals surface area contributed by atoms with Crippen molar-refractivity contribution in [3.63, 3.8) is 0 Å². The minimum absolute atomic E-state index is 0.00450. The molecule has 10 heteroatoms. The summed E-state index contributed by atoms with van der Waals surface area (Å²) in [5.41, 5.74) is 1.25.